The van der Waals surface area contributed by atoms with Crippen molar-refractivity contribution in [2.75, 3.05) is 5.32 Å². The lowest BCUT2D eigenvalue weighted by atomic mass is 10.0. The molecule has 1 atom stereocenters. The smallest absolute Gasteiger partial charge is 0.324 e. The number of nitrogens with zero attached hydrogens (tertiary/aromatic N) is 2. The average molecular weight is 600 g/mol. The fraction of sp³-hybridized carbons (Fsp3) is 0.138. The number of aryl methyl sites for hydroxylation is 1. The summed E-state index contributed by atoms with van der Waals surface area (Å²) in [5.74, 6) is -0.590. The van der Waals surface area contributed by atoms with Crippen molar-refractivity contribution in [1.82, 2.24) is 9.55 Å². The van der Waals surface area contributed by atoms with Gasteiger partial charge in [-0.3, -0.25) is 14.2 Å². The van der Waals surface area contributed by atoms with E-state index >= 15 is 0 Å². The molecule has 11 heteroatoms. The number of alkyl halides is 3. The maximum Gasteiger partial charge on any atom is 0.416 e. The van der Waals surface area contributed by atoms with Crippen LogP contribution in [0.15, 0.2) is 88.8 Å². The van der Waals surface area contributed by atoms with Crippen molar-refractivity contribution >= 4 is 56.5 Å². The number of benzene rings is 3. The zero-order valence-corrected chi connectivity index (χ0v) is 23.5. The highest BCUT2D eigenvalue weighted by Gasteiger charge is 2.31. The molecule has 2 heterocycles. The van der Waals surface area contributed by atoms with Gasteiger partial charge in [-0.1, -0.05) is 71.9 Å². The predicted octanol–water partition coefficient (Wildman–Crippen LogP) is 8.21. The Balaban J connectivity index is 1.56. The van der Waals surface area contributed by atoms with E-state index in [1.165, 1.54) is 15.9 Å². The van der Waals surface area contributed by atoms with Gasteiger partial charge in [0, 0.05) is 10.4 Å². The van der Waals surface area contributed by atoms with Crippen molar-refractivity contribution in [3.05, 3.63) is 105 Å². The third-order valence-electron chi connectivity index (χ3n) is 6.15. The minimum atomic E-state index is -4.59. The number of fused-ring (bicyclic) bond motifs is 1. The SMILES string of the molecule is Cc1sc2nc(SC(C)C(=O)Nc3cc(C(F)(F)F)ccc3Cl)n(-c3ccccc3)c(=O)c2c1-c1ccccc1. The number of thiophene rings is 1. The van der Waals surface area contributed by atoms with Crippen LogP contribution >= 0.6 is 34.7 Å². The first kappa shape index (κ1) is 27.9. The van der Waals surface area contributed by atoms with Crippen LogP contribution in [-0.2, 0) is 11.0 Å². The van der Waals surface area contributed by atoms with Gasteiger partial charge in [-0.2, -0.15) is 13.2 Å². The summed E-state index contributed by atoms with van der Waals surface area (Å²) in [6, 6.07) is 21.3. The highest BCUT2D eigenvalue weighted by atomic mass is 35.5. The molecular formula is C29H21ClF3N3O2S2. The summed E-state index contributed by atoms with van der Waals surface area (Å²) in [7, 11) is 0. The van der Waals surface area contributed by atoms with E-state index in [0.29, 0.717) is 15.9 Å². The summed E-state index contributed by atoms with van der Waals surface area (Å²) in [4.78, 5) is 33.4. The van der Waals surface area contributed by atoms with E-state index in [0.717, 1.165) is 46.0 Å². The highest BCUT2D eigenvalue weighted by molar-refractivity contribution is 8.00. The number of hydrogen-bond acceptors (Lipinski definition) is 5. The first-order chi connectivity index (χ1) is 19.0. The fourth-order valence-electron chi connectivity index (χ4n) is 4.22. The number of thioether (sulfide) groups is 1. The Morgan fingerprint density at radius 1 is 1.05 bits per heavy atom. The fourth-order valence-corrected chi connectivity index (χ4v) is 6.40. The molecule has 0 spiro atoms. The molecule has 1 amide bonds. The van der Waals surface area contributed by atoms with Gasteiger partial charge in [-0.25, -0.2) is 4.98 Å². The molecule has 40 heavy (non-hydrogen) atoms. The van der Waals surface area contributed by atoms with Gasteiger partial charge in [-0.05, 0) is 49.7 Å². The Bertz CT molecular complexity index is 1770. The number of anilines is 1. The van der Waals surface area contributed by atoms with Crippen LogP contribution in [-0.4, -0.2) is 20.7 Å². The Kier molecular flexibility index (Phi) is 7.76. The molecule has 0 saturated carbocycles. The third-order valence-corrected chi connectivity index (χ3v) is 8.53. The number of carbonyl (C=O) groups is 1. The topological polar surface area (TPSA) is 64.0 Å². The molecule has 5 aromatic rings. The molecule has 5 rings (SSSR count). The van der Waals surface area contributed by atoms with Gasteiger partial charge in [0.2, 0.25) is 5.91 Å². The second kappa shape index (κ2) is 11.1. The molecule has 1 unspecified atom stereocenters. The van der Waals surface area contributed by atoms with Gasteiger partial charge in [0.05, 0.1) is 32.6 Å². The van der Waals surface area contributed by atoms with Crippen LogP contribution in [0.25, 0.3) is 27.0 Å². The lowest BCUT2D eigenvalue weighted by molar-refractivity contribution is -0.137. The van der Waals surface area contributed by atoms with Gasteiger partial charge in [0.25, 0.3) is 5.56 Å². The molecule has 0 fully saturated rings. The van der Waals surface area contributed by atoms with Gasteiger partial charge in [0.15, 0.2) is 5.16 Å². The van der Waals surface area contributed by atoms with Crippen LogP contribution < -0.4 is 10.9 Å². The van der Waals surface area contributed by atoms with Crippen LogP contribution in [0.1, 0.15) is 17.4 Å². The summed E-state index contributed by atoms with van der Waals surface area (Å²) >= 11 is 8.49. The van der Waals surface area contributed by atoms with E-state index in [1.54, 1.807) is 31.2 Å². The maximum absolute atomic E-state index is 14.1. The zero-order valence-electron chi connectivity index (χ0n) is 21.1. The van der Waals surface area contributed by atoms with E-state index in [1.807, 2.05) is 43.3 Å². The zero-order chi connectivity index (χ0) is 28.6. The molecule has 0 aliphatic carbocycles. The number of carbonyl (C=O) groups excluding carboxylic acids is 1. The molecule has 0 radical (unpaired) electrons. The van der Waals surface area contributed by atoms with Crippen molar-refractivity contribution in [2.45, 2.75) is 30.4 Å². The van der Waals surface area contributed by atoms with Crippen molar-refractivity contribution in [3.8, 4) is 16.8 Å². The lowest BCUT2D eigenvalue weighted by Crippen LogP contribution is -2.26. The normalized spacial score (nSPS) is 12.4. The molecule has 1 N–H and O–H groups in total. The molecule has 0 aliphatic rings. The van der Waals surface area contributed by atoms with Gasteiger partial charge >= 0.3 is 6.18 Å². The van der Waals surface area contributed by atoms with Gasteiger partial charge < -0.3 is 5.32 Å². The van der Waals surface area contributed by atoms with E-state index < -0.39 is 22.9 Å². The van der Waals surface area contributed by atoms with Crippen molar-refractivity contribution < 1.29 is 18.0 Å². The number of aromatic nitrogens is 2. The molecule has 204 valence electrons. The average Bonchev–Trinajstić information content (AvgIpc) is 3.26. The molecular weight excluding hydrogens is 579 g/mol. The molecule has 0 saturated heterocycles. The molecule has 5 nitrogen and oxygen atoms in total. The van der Waals surface area contributed by atoms with Crippen LogP contribution in [0.3, 0.4) is 0 Å². The first-order valence-electron chi connectivity index (χ1n) is 12.1. The standard InChI is InChI=1S/C29H21ClF3N3O2S2/c1-16-23(18-9-5-3-6-10-18)24-26(39-16)35-28(36(27(24)38)20-11-7-4-8-12-20)40-17(2)25(37)34-22-15-19(29(31,32)33)13-14-21(22)30/h3-15,17H,1-2H3,(H,34,37). The van der Waals surface area contributed by atoms with E-state index in [4.69, 9.17) is 16.6 Å². The molecule has 2 aromatic heterocycles. The largest absolute Gasteiger partial charge is 0.416 e. The van der Waals surface area contributed by atoms with Crippen molar-refractivity contribution in [3.63, 3.8) is 0 Å². The predicted molar refractivity (Wildman–Crippen MR) is 156 cm³/mol. The van der Waals surface area contributed by atoms with Crippen molar-refractivity contribution in [2.24, 2.45) is 0 Å². The van der Waals surface area contributed by atoms with Crippen LogP contribution in [0.5, 0.6) is 0 Å². The third kappa shape index (κ3) is 5.52. The van der Waals surface area contributed by atoms with Gasteiger partial charge in [0.1, 0.15) is 4.83 Å². The van der Waals surface area contributed by atoms with Gasteiger partial charge in [-0.15, -0.1) is 11.3 Å². The number of rotatable bonds is 6. The summed E-state index contributed by atoms with van der Waals surface area (Å²) < 4.78 is 41.0. The minimum absolute atomic E-state index is 0.0261. The minimum Gasteiger partial charge on any atom is -0.324 e. The summed E-state index contributed by atoms with van der Waals surface area (Å²) in [5.41, 5.74) is 0.912. The number of halogens is 4. The quantitative estimate of drug-likeness (QED) is 0.158. The monoisotopic (exact) mass is 599 g/mol. The Morgan fingerprint density at radius 2 is 1.70 bits per heavy atom. The van der Waals surface area contributed by atoms with Crippen LogP contribution in [0, 0.1) is 6.92 Å². The Morgan fingerprint density at radius 3 is 2.35 bits per heavy atom. The Labute approximate surface area is 240 Å². The first-order valence-corrected chi connectivity index (χ1v) is 14.1. The second-order valence-electron chi connectivity index (χ2n) is 8.89. The number of hydrogen-bond donors (Lipinski definition) is 1. The second-order valence-corrected chi connectivity index (χ2v) is 11.8. The maximum atomic E-state index is 14.1. The summed E-state index contributed by atoms with van der Waals surface area (Å²) in [6.45, 7) is 3.52. The summed E-state index contributed by atoms with van der Waals surface area (Å²) in [6.07, 6.45) is -4.59. The Hall–Kier alpha value is -3.60. The number of nitrogens with one attached hydrogen (secondary N) is 1. The number of amides is 1. The van der Waals surface area contributed by atoms with Crippen LogP contribution in [0.2, 0.25) is 5.02 Å². The van der Waals surface area contributed by atoms with E-state index in [9.17, 15) is 22.8 Å². The number of para-hydroxylation sites is 1. The highest BCUT2D eigenvalue weighted by Crippen LogP contribution is 2.38. The van der Waals surface area contributed by atoms with Crippen LogP contribution in [0.4, 0.5) is 18.9 Å². The van der Waals surface area contributed by atoms with E-state index in [2.05, 4.69) is 5.32 Å². The van der Waals surface area contributed by atoms with E-state index in [-0.39, 0.29) is 21.4 Å². The lowest BCUT2D eigenvalue weighted by Gasteiger charge is -2.17. The van der Waals surface area contributed by atoms with Crippen molar-refractivity contribution in [1.29, 1.82) is 0 Å². The molecule has 0 aliphatic heterocycles. The summed E-state index contributed by atoms with van der Waals surface area (Å²) in [5, 5.41) is 2.39. The molecule has 0 bridgehead atoms. The molecule has 3 aromatic carbocycles.